The van der Waals surface area contributed by atoms with Gasteiger partial charge in [0.15, 0.2) is 10.4 Å². The normalized spacial score (nSPS) is 10.2. The van der Waals surface area contributed by atoms with Crippen LogP contribution < -0.4 is 5.32 Å². The van der Waals surface area contributed by atoms with Crippen molar-refractivity contribution in [2.45, 2.75) is 6.54 Å². The van der Waals surface area contributed by atoms with Gasteiger partial charge < -0.3 is 9.73 Å². The molecule has 0 aliphatic carbocycles. The molecular formula is C9H8BrN3O2. The summed E-state index contributed by atoms with van der Waals surface area (Å²) in [6, 6.07) is 5.07. The van der Waals surface area contributed by atoms with Crippen molar-refractivity contribution in [1.29, 1.82) is 0 Å². The fourth-order valence-electron chi connectivity index (χ4n) is 1.08. The highest BCUT2D eigenvalue weighted by atomic mass is 79.9. The van der Waals surface area contributed by atoms with E-state index >= 15 is 0 Å². The van der Waals surface area contributed by atoms with Crippen molar-refractivity contribution in [2.24, 2.45) is 0 Å². The summed E-state index contributed by atoms with van der Waals surface area (Å²) in [7, 11) is 0. The van der Waals surface area contributed by atoms with Gasteiger partial charge in [0.1, 0.15) is 0 Å². The van der Waals surface area contributed by atoms with Crippen LogP contribution in [0.3, 0.4) is 0 Å². The standard InChI is InChI=1S/C9H8BrN3O2/c10-8-2-1-7(15-8)9(14)11-5-6-3-4-12-13-6/h1-4H,5H2,(H,11,14)(H,12,13). The molecule has 2 N–H and O–H groups in total. The molecule has 0 spiro atoms. The number of nitrogens with one attached hydrogen (secondary N) is 2. The fraction of sp³-hybridized carbons (Fsp3) is 0.111. The minimum atomic E-state index is -0.254. The van der Waals surface area contributed by atoms with Gasteiger partial charge in [-0.2, -0.15) is 5.10 Å². The van der Waals surface area contributed by atoms with Gasteiger partial charge in [-0.25, -0.2) is 0 Å². The molecule has 0 bridgehead atoms. The first-order valence-corrected chi connectivity index (χ1v) is 5.07. The van der Waals surface area contributed by atoms with E-state index in [0.717, 1.165) is 5.69 Å². The van der Waals surface area contributed by atoms with Crippen LogP contribution in [-0.2, 0) is 6.54 Å². The lowest BCUT2D eigenvalue weighted by molar-refractivity contribution is 0.0921. The largest absolute Gasteiger partial charge is 0.444 e. The minimum Gasteiger partial charge on any atom is -0.444 e. The number of aromatic nitrogens is 2. The summed E-state index contributed by atoms with van der Waals surface area (Å²) in [5, 5.41) is 9.20. The Morgan fingerprint density at radius 2 is 2.40 bits per heavy atom. The van der Waals surface area contributed by atoms with Gasteiger partial charge in [0.05, 0.1) is 12.2 Å². The van der Waals surface area contributed by atoms with Crippen LogP contribution in [0, 0.1) is 0 Å². The molecule has 78 valence electrons. The van der Waals surface area contributed by atoms with Crippen LogP contribution in [0.15, 0.2) is 33.5 Å². The van der Waals surface area contributed by atoms with Crippen LogP contribution in [0.1, 0.15) is 16.2 Å². The predicted molar refractivity (Wildman–Crippen MR) is 56.2 cm³/mol. The molecule has 2 heterocycles. The van der Waals surface area contributed by atoms with Gasteiger partial charge in [-0.3, -0.25) is 9.89 Å². The smallest absolute Gasteiger partial charge is 0.287 e. The zero-order valence-electron chi connectivity index (χ0n) is 7.66. The number of halogens is 1. The number of rotatable bonds is 3. The highest BCUT2D eigenvalue weighted by molar-refractivity contribution is 9.10. The number of nitrogens with zero attached hydrogens (tertiary/aromatic N) is 1. The van der Waals surface area contributed by atoms with E-state index in [2.05, 4.69) is 31.4 Å². The second-order valence-corrected chi connectivity index (χ2v) is 3.65. The van der Waals surface area contributed by atoms with Crippen LogP contribution in [0.5, 0.6) is 0 Å². The second kappa shape index (κ2) is 4.31. The first kappa shape index (κ1) is 9.97. The molecule has 2 rings (SSSR count). The third kappa shape index (κ3) is 2.47. The average Bonchev–Trinajstić information content (AvgIpc) is 2.84. The monoisotopic (exact) mass is 269 g/mol. The van der Waals surface area contributed by atoms with Gasteiger partial charge in [-0.1, -0.05) is 0 Å². The van der Waals surface area contributed by atoms with Crippen molar-refractivity contribution >= 4 is 21.8 Å². The van der Waals surface area contributed by atoms with Gasteiger partial charge in [0.25, 0.3) is 5.91 Å². The van der Waals surface area contributed by atoms with Gasteiger partial charge in [0.2, 0.25) is 0 Å². The first-order valence-electron chi connectivity index (χ1n) is 4.27. The highest BCUT2D eigenvalue weighted by Crippen LogP contribution is 2.13. The summed E-state index contributed by atoms with van der Waals surface area (Å²) >= 11 is 3.13. The van der Waals surface area contributed by atoms with Crippen molar-refractivity contribution in [3.05, 3.63) is 40.5 Å². The van der Waals surface area contributed by atoms with Crippen LogP contribution in [0.2, 0.25) is 0 Å². The molecule has 0 radical (unpaired) electrons. The number of furan rings is 1. The number of H-pyrrole nitrogens is 1. The molecule has 0 unspecified atom stereocenters. The summed E-state index contributed by atoms with van der Waals surface area (Å²) in [5.41, 5.74) is 0.842. The Morgan fingerprint density at radius 1 is 1.53 bits per heavy atom. The van der Waals surface area contributed by atoms with Crippen molar-refractivity contribution in [3.8, 4) is 0 Å². The molecule has 6 heteroatoms. The van der Waals surface area contributed by atoms with E-state index in [1.807, 2.05) is 0 Å². The van der Waals surface area contributed by atoms with E-state index in [1.54, 1.807) is 24.4 Å². The lowest BCUT2D eigenvalue weighted by atomic mass is 10.4. The summed E-state index contributed by atoms with van der Waals surface area (Å²) in [5.74, 6) is 0.0247. The van der Waals surface area contributed by atoms with Crippen molar-refractivity contribution < 1.29 is 9.21 Å². The Balaban J connectivity index is 1.93. The Bertz CT molecular complexity index is 450. The molecule has 0 atom stereocenters. The van der Waals surface area contributed by atoms with Gasteiger partial charge in [0, 0.05) is 6.20 Å². The van der Waals surface area contributed by atoms with Gasteiger partial charge >= 0.3 is 0 Å². The number of hydrogen-bond donors (Lipinski definition) is 2. The second-order valence-electron chi connectivity index (χ2n) is 2.87. The van der Waals surface area contributed by atoms with E-state index in [0.29, 0.717) is 11.2 Å². The third-order valence-electron chi connectivity index (χ3n) is 1.79. The Morgan fingerprint density at radius 3 is 3.00 bits per heavy atom. The molecule has 0 saturated carbocycles. The van der Waals surface area contributed by atoms with Crippen LogP contribution in [-0.4, -0.2) is 16.1 Å². The van der Waals surface area contributed by atoms with Crippen molar-refractivity contribution in [2.75, 3.05) is 0 Å². The van der Waals surface area contributed by atoms with E-state index in [9.17, 15) is 4.79 Å². The lowest BCUT2D eigenvalue weighted by Gasteiger charge is -1.99. The number of hydrogen-bond acceptors (Lipinski definition) is 3. The molecule has 0 aliphatic heterocycles. The molecular weight excluding hydrogens is 262 g/mol. The Labute approximate surface area is 94.0 Å². The fourth-order valence-corrected chi connectivity index (χ4v) is 1.39. The average molecular weight is 270 g/mol. The van der Waals surface area contributed by atoms with E-state index in [4.69, 9.17) is 4.42 Å². The molecule has 0 fully saturated rings. The number of carbonyl (C=O) groups is 1. The number of carbonyl (C=O) groups excluding carboxylic acids is 1. The maximum atomic E-state index is 11.5. The summed E-state index contributed by atoms with van der Waals surface area (Å²) in [6.07, 6.45) is 1.63. The van der Waals surface area contributed by atoms with Crippen molar-refractivity contribution in [3.63, 3.8) is 0 Å². The predicted octanol–water partition coefficient (Wildman–Crippen LogP) is 1.70. The van der Waals surface area contributed by atoms with Crippen molar-refractivity contribution in [1.82, 2.24) is 15.5 Å². The summed E-state index contributed by atoms with van der Waals surface area (Å²) in [4.78, 5) is 11.5. The van der Waals surface area contributed by atoms with Crippen LogP contribution in [0.25, 0.3) is 0 Å². The molecule has 2 aromatic heterocycles. The SMILES string of the molecule is O=C(NCc1ccn[nH]1)c1ccc(Br)o1. The maximum absolute atomic E-state index is 11.5. The molecule has 2 aromatic rings. The van der Waals surface area contributed by atoms with Crippen LogP contribution in [0.4, 0.5) is 0 Å². The van der Waals surface area contributed by atoms with E-state index in [1.165, 1.54) is 0 Å². The first-order chi connectivity index (χ1) is 7.25. The zero-order valence-corrected chi connectivity index (χ0v) is 9.24. The lowest BCUT2D eigenvalue weighted by Crippen LogP contribution is -2.22. The Kier molecular flexibility index (Phi) is 2.86. The molecule has 5 nitrogen and oxygen atoms in total. The molecule has 0 saturated heterocycles. The molecule has 0 aliphatic rings. The maximum Gasteiger partial charge on any atom is 0.287 e. The topological polar surface area (TPSA) is 70.9 Å². The third-order valence-corrected chi connectivity index (χ3v) is 2.22. The number of amides is 1. The molecule has 1 amide bonds. The molecule has 15 heavy (non-hydrogen) atoms. The van der Waals surface area contributed by atoms with Crippen LogP contribution >= 0.6 is 15.9 Å². The highest BCUT2D eigenvalue weighted by Gasteiger charge is 2.09. The van der Waals surface area contributed by atoms with Gasteiger partial charge in [-0.15, -0.1) is 0 Å². The number of aromatic amines is 1. The zero-order chi connectivity index (χ0) is 10.7. The molecule has 0 aromatic carbocycles. The van der Waals surface area contributed by atoms with E-state index in [-0.39, 0.29) is 11.7 Å². The van der Waals surface area contributed by atoms with Gasteiger partial charge in [-0.05, 0) is 34.1 Å². The van der Waals surface area contributed by atoms with E-state index < -0.39 is 0 Å². The summed E-state index contributed by atoms with van der Waals surface area (Å²) in [6.45, 7) is 0.400. The minimum absolute atomic E-state index is 0.254. The Hall–Kier alpha value is -1.56. The quantitative estimate of drug-likeness (QED) is 0.891. The summed E-state index contributed by atoms with van der Waals surface area (Å²) < 4.78 is 5.63.